The molecule has 0 saturated heterocycles. The number of sulfonamides is 1. The van der Waals surface area contributed by atoms with Crippen LogP contribution in [0.3, 0.4) is 0 Å². The summed E-state index contributed by atoms with van der Waals surface area (Å²) in [6, 6.07) is 8.40. The molecule has 10 heteroatoms. The molecule has 1 aromatic heterocycles. The van der Waals surface area contributed by atoms with Gasteiger partial charge in [-0.3, -0.25) is 14.9 Å². The first-order valence-electron chi connectivity index (χ1n) is 8.02. The lowest BCUT2D eigenvalue weighted by Crippen LogP contribution is -2.40. The van der Waals surface area contributed by atoms with Crippen LogP contribution in [0, 0.1) is 10.1 Å². The number of carbonyl (C=O) groups excluding carboxylic acids is 1. The van der Waals surface area contributed by atoms with Crippen molar-refractivity contribution in [3.63, 3.8) is 0 Å². The average molecular weight is 395 g/mol. The van der Waals surface area contributed by atoms with Crippen molar-refractivity contribution in [2.75, 3.05) is 7.05 Å². The number of furan rings is 1. The quantitative estimate of drug-likeness (QED) is 0.592. The average Bonchev–Trinajstić information content (AvgIpc) is 3.03. The number of amides is 1. The Hall–Kier alpha value is -2.72. The molecule has 2 aromatic rings. The van der Waals surface area contributed by atoms with Crippen LogP contribution in [-0.4, -0.2) is 36.7 Å². The zero-order chi connectivity index (χ0) is 20.4. The van der Waals surface area contributed by atoms with Crippen molar-refractivity contribution in [2.45, 2.75) is 37.9 Å². The number of nitrogens with one attached hydrogen (secondary N) is 1. The Kier molecular flexibility index (Phi) is 5.71. The van der Waals surface area contributed by atoms with Crippen LogP contribution >= 0.6 is 0 Å². The number of nitro groups is 1. The highest BCUT2D eigenvalue weighted by atomic mass is 32.2. The Labute approximate surface area is 157 Å². The molecule has 2 rings (SSSR count). The van der Waals surface area contributed by atoms with Gasteiger partial charge in [0, 0.05) is 31.3 Å². The summed E-state index contributed by atoms with van der Waals surface area (Å²) in [5.41, 5.74) is -0.212. The van der Waals surface area contributed by atoms with E-state index in [1.165, 1.54) is 42.3 Å². The minimum atomic E-state index is -3.89. The minimum Gasteiger partial charge on any atom is -0.438 e. The molecular formula is C17H21N3O6S. The van der Waals surface area contributed by atoms with Crippen LogP contribution in [0.2, 0.25) is 0 Å². The van der Waals surface area contributed by atoms with Gasteiger partial charge in [-0.2, -0.15) is 0 Å². The molecule has 0 bridgehead atoms. The highest BCUT2D eigenvalue weighted by Gasteiger charge is 2.27. The summed E-state index contributed by atoms with van der Waals surface area (Å²) in [5, 5.41) is 10.5. The molecule has 9 nitrogen and oxygen atoms in total. The second-order valence-corrected chi connectivity index (χ2v) is 8.68. The summed E-state index contributed by atoms with van der Waals surface area (Å²) in [5.74, 6) is -0.684. The summed E-state index contributed by atoms with van der Waals surface area (Å²) in [6.07, 6.45) is 0. The molecule has 0 aliphatic rings. The van der Waals surface area contributed by atoms with Crippen molar-refractivity contribution in [3.05, 3.63) is 57.8 Å². The maximum atomic E-state index is 12.5. The summed E-state index contributed by atoms with van der Waals surface area (Å²) in [7, 11) is -2.40. The highest BCUT2D eigenvalue weighted by Crippen LogP contribution is 2.19. The van der Waals surface area contributed by atoms with E-state index in [0.29, 0.717) is 5.56 Å². The van der Waals surface area contributed by atoms with Crippen LogP contribution in [0.4, 0.5) is 5.69 Å². The Morgan fingerprint density at radius 2 is 1.93 bits per heavy atom. The first-order valence-corrected chi connectivity index (χ1v) is 9.50. The van der Waals surface area contributed by atoms with E-state index in [0.717, 1.165) is 0 Å². The predicted molar refractivity (Wildman–Crippen MR) is 97.7 cm³/mol. The molecule has 0 spiro atoms. The van der Waals surface area contributed by atoms with E-state index in [9.17, 15) is 23.3 Å². The largest absolute Gasteiger partial charge is 0.438 e. The fourth-order valence-corrected chi connectivity index (χ4v) is 3.69. The summed E-state index contributed by atoms with van der Waals surface area (Å²) in [6.45, 7) is 5.16. The number of nitrogens with zero attached hydrogens (tertiary/aromatic N) is 2. The standard InChI is InChI=1S/C17H21N3O6S/c1-17(2,3)18-27(24,25)15-9-8-14(26-15)16(21)19(4)11-12-6-5-7-13(10-12)20(22)23/h5-10,18H,11H2,1-4H3. The molecule has 0 aliphatic heterocycles. The third-order valence-electron chi connectivity index (χ3n) is 3.39. The van der Waals surface area contributed by atoms with Crippen molar-refractivity contribution in [1.29, 1.82) is 0 Å². The van der Waals surface area contributed by atoms with Crippen LogP contribution in [0.1, 0.15) is 36.9 Å². The smallest absolute Gasteiger partial charge is 0.289 e. The topological polar surface area (TPSA) is 123 Å². The van der Waals surface area contributed by atoms with E-state index < -0.39 is 26.4 Å². The van der Waals surface area contributed by atoms with Gasteiger partial charge in [0.25, 0.3) is 21.6 Å². The molecule has 0 radical (unpaired) electrons. The lowest BCUT2D eigenvalue weighted by Gasteiger charge is -2.19. The number of non-ortho nitro benzene ring substituents is 1. The van der Waals surface area contributed by atoms with Crippen LogP contribution < -0.4 is 4.72 Å². The lowest BCUT2D eigenvalue weighted by molar-refractivity contribution is -0.384. The van der Waals surface area contributed by atoms with Crippen LogP contribution in [0.25, 0.3) is 0 Å². The van der Waals surface area contributed by atoms with Gasteiger partial charge in [0.2, 0.25) is 5.09 Å². The van der Waals surface area contributed by atoms with Crippen LogP contribution in [0.15, 0.2) is 45.9 Å². The second kappa shape index (κ2) is 7.49. The summed E-state index contributed by atoms with van der Waals surface area (Å²) in [4.78, 5) is 24.1. The Morgan fingerprint density at radius 3 is 2.52 bits per heavy atom. The number of hydrogen-bond acceptors (Lipinski definition) is 6. The Morgan fingerprint density at radius 1 is 1.26 bits per heavy atom. The molecule has 146 valence electrons. The predicted octanol–water partition coefficient (Wildman–Crippen LogP) is 2.54. The van der Waals surface area contributed by atoms with Crippen molar-refractivity contribution in [1.82, 2.24) is 9.62 Å². The fraction of sp³-hybridized carbons (Fsp3) is 0.353. The normalized spacial score (nSPS) is 12.0. The molecule has 0 fully saturated rings. The van der Waals surface area contributed by atoms with Gasteiger partial charge in [-0.1, -0.05) is 12.1 Å². The molecule has 1 amide bonds. The third-order valence-corrected chi connectivity index (χ3v) is 5.02. The van der Waals surface area contributed by atoms with Gasteiger partial charge < -0.3 is 9.32 Å². The third kappa shape index (κ3) is 5.38. The van der Waals surface area contributed by atoms with E-state index in [1.54, 1.807) is 26.8 Å². The zero-order valence-corrected chi connectivity index (χ0v) is 16.2. The van der Waals surface area contributed by atoms with Gasteiger partial charge in [-0.15, -0.1) is 0 Å². The van der Waals surface area contributed by atoms with Gasteiger partial charge in [-0.05, 0) is 38.5 Å². The fourth-order valence-electron chi connectivity index (χ4n) is 2.34. The minimum absolute atomic E-state index is 0.0759. The number of benzene rings is 1. The van der Waals surface area contributed by atoms with E-state index in [4.69, 9.17) is 4.42 Å². The van der Waals surface area contributed by atoms with E-state index in [-0.39, 0.29) is 23.1 Å². The molecule has 0 unspecified atom stereocenters. The summed E-state index contributed by atoms with van der Waals surface area (Å²) < 4.78 is 32.2. The van der Waals surface area contributed by atoms with Crippen molar-refractivity contribution in [2.24, 2.45) is 0 Å². The van der Waals surface area contributed by atoms with Gasteiger partial charge in [0.1, 0.15) is 0 Å². The number of nitro benzene ring substituents is 1. The van der Waals surface area contributed by atoms with E-state index in [1.807, 2.05) is 0 Å². The van der Waals surface area contributed by atoms with E-state index >= 15 is 0 Å². The summed E-state index contributed by atoms with van der Waals surface area (Å²) >= 11 is 0. The monoisotopic (exact) mass is 395 g/mol. The van der Waals surface area contributed by atoms with Crippen LogP contribution in [0.5, 0.6) is 0 Å². The van der Waals surface area contributed by atoms with E-state index in [2.05, 4.69) is 4.72 Å². The molecule has 1 heterocycles. The number of hydrogen-bond donors (Lipinski definition) is 1. The van der Waals surface area contributed by atoms with Crippen molar-refractivity contribution >= 4 is 21.6 Å². The molecule has 27 heavy (non-hydrogen) atoms. The van der Waals surface area contributed by atoms with Crippen molar-refractivity contribution < 1.29 is 22.6 Å². The maximum Gasteiger partial charge on any atom is 0.289 e. The molecular weight excluding hydrogens is 374 g/mol. The molecule has 0 atom stereocenters. The first kappa shape index (κ1) is 20.6. The SMILES string of the molecule is CN(Cc1cccc([N+](=O)[O-])c1)C(=O)c1ccc(S(=O)(=O)NC(C)(C)C)o1. The van der Waals surface area contributed by atoms with Gasteiger partial charge >= 0.3 is 0 Å². The van der Waals surface area contributed by atoms with Gasteiger partial charge in [-0.25, -0.2) is 13.1 Å². The maximum absolute atomic E-state index is 12.5. The number of rotatable bonds is 6. The molecule has 0 saturated carbocycles. The Bertz CT molecular complexity index is 959. The van der Waals surface area contributed by atoms with Crippen molar-refractivity contribution in [3.8, 4) is 0 Å². The van der Waals surface area contributed by atoms with Gasteiger partial charge in [0.15, 0.2) is 5.76 Å². The Balaban J connectivity index is 2.15. The van der Waals surface area contributed by atoms with Gasteiger partial charge in [0.05, 0.1) is 4.92 Å². The molecule has 1 N–H and O–H groups in total. The lowest BCUT2D eigenvalue weighted by atomic mass is 10.1. The molecule has 0 aliphatic carbocycles. The first-order chi connectivity index (χ1) is 12.4. The zero-order valence-electron chi connectivity index (χ0n) is 15.4. The molecule has 1 aromatic carbocycles. The highest BCUT2D eigenvalue weighted by molar-refractivity contribution is 7.89. The van der Waals surface area contributed by atoms with Crippen LogP contribution in [-0.2, 0) is 16.6 Å². The number of carbonyl (C=O) groups is 1. The second-order valence-electron chi connectivity index (χ2n) is 7.06.